The van der Waals surface area contributed by atoms with Gasteiger partial charge in [0.15, 0.2) is 0 Å². The van der Waals surface area contributed by atoms with Gasteiger partial charge in [0.05, 0.1) is 17.7 Å². The standard InChI is InChI=1S/C21H15ClN4O2/c22-16-8-6-15(7-9-16)20-19(17-10-11-23-13-24-17)21(28-26-20)25-18(27)12-14-4-2-1-3-5-14/h1-11,13H,12H2,(H,25,27). The van der Waals surface area contributed by atoms with Gasteiger partial charge in [0.25, 0.3) is 0 Å². The number of hydrogen-bond acceptors (Lipinski definition) is 5. The lowest BCUT2D eigenvalue weighted by molar-refractivity contribution is -0.115. The van der Waals surface area contributed by atoms with E-state index in [1.54, 1.807) is 24.4 Å². The van der Waals surface area contributed by atoms with E-state index in [2.05, 4.69) is 20.4 Å². The molecule has 4 aromatic rings. The summed E-state index contributed by atoms with van der Waals surface area (Å²) in [5, 5.41) is 7.58. The number of benzene rings is 2. The van der Waals surface area contributed by atoms with E-state index in [1.807, 2.05) is 42.5 Å². The first-order chi connectivity index (χ1) is 13.7. The van der Waals surface area contributed by atoms with Crippen molar-refractivity contribution in [3.63, 3.8) is 0 Å². The zero-order valence-electron chi connectivity index (χ0n) is 14.7. The molecule has 0 spiro atoms. The van der Waals surface area contributed by atoms with E-state index in [0.29, 0.717) is 22.0 Å². The smallest absolute Gasteiger partial charge is 0.241 e. The van der Waals surface area contributed by atoms with E-state index in [-0.39, 0.29) is 18.2 Å². The maximum Gasteiger partial charge on any atom is 0.241 e. The van der Waals surface area contributed by atoms with Crippen molar-refractivity contribution in [2.45, 2.75) is 6.42 Å². The maximum atomic E-state index is 12.5. The minimum atomic E-state index is -0.208. The van der Waals surface area contributed by atoms with Crippen LogP contribution in [0.2, 0.25) is 5.02 Å². The van der Waals surface area contributed by atoms with Gasteiger partial charge in [-0.2, -0.15) is 0 Å². The second-order valence-electron chi connectivity index (χ2n) is 6.05. The number of rotatable bonds is 5. The molecule has 2 heterocycles. The molecule has 7 heteroatoms. The average molecular weight is 391 g/mol. The zero-order valence-corrected chi connectivity index (χ0v) is 15.4. The first-order valence-corrected chi connectivity index (χ1v) is 8.94. The highest BCUT2D eigenvalue weighted by molar-refractivity contribution is 6.30. The Bertz CT molecular complexity index is 1080. The minimum absolute atomic E-state index is 0.208. The van der Waals surface area contributed by atoms with Gasteiger partial charge in [-0.05, 0) is 23.8 Å². The van der Waals surface area contributed by atoms with Gasteiger partial charge < -0.3 is 4.52 Å². The molecule has 1 amide bonds. The highest BCUT2D eigenvalue weighted by Gasteiger charge is 2.22. The van der Waals surface area contributed by atoms with E-state index >= 15 is 0 Å². The van der Waals surface area contributed by atoms with E-state index in [9.17, 15) is 4.79 Å². The molecule has 0 atom stereocenters. The predicted octanol–water partition coefficient (Wildman–Crippen LogP) is 4.63. The summed E-state index contributed by atoms with van der Waals surface area (Å²) in [4.78, 5) is 20.7. The molecule has 0 aliphatic heterocycles. The quantitative estimate of drug-likeness (QED) is 0.537. The molecule has 0 unspecified atom stereocenters. The second kappa shape index (κ2) is 8.02. The zero-order chi connectivity index (χ0) is 19.3. The van der Waals surface area contributed by atoms with Crippen LogP contribution in [-0.4, -0.2) is 21.0 Å². The number of nitrogens with zero attached hydrogens (tertiary/aromatic N) is 3. The summed E-state index contributed by atoms with van der Waals surface area (Å²) in [7, 11) is 0. The average Bonchev–Trinajstić information content (AvgIpc) is 3.13. The summed E-state index contributed by atoms with van der Waals surface area (Å²) in [6, 6.07) is 18.4. The molecular formula is C21H15ClN4O2. The molecule has 0 saturated carbocycles. The van der Waals surface area contributed by atoms with Crippen LogP contribution in [0.15, 0.2) is 77.7 Å². The molecule has 28 heavy (non-hydrogen) atoms. The van der Waals surface area contributed by atoms with E-state index in [4.69, 9.17) is 16.1 Å². The molecule has 0 aliphatic carbocycles. The van der Waals surface area contributed by atoms with Crippen molar-refractivity contribution in [2.24, 2.45) is 0 Å². The normalized spacial score (nSPS) is 10.6. The topological polar surface area (TPSA) is 80.9 Å². The van der Waals surface area contributed by atoms with Crippen molar-refractivity contribution in [2.75, 3.05) is 5.32 Å². The van der Waals surface area contributed by atoms with Gasteiger partial charge in [-0.1, -0.05) is 59.2 Å². The second-order valence-corrected chi connectivity index (χ2v) is 6.48. The third-order valence-electron chi connectivity index (χ3n) is 4.11. The van der Waals surface area contributed by atoms with Gasteiger partial charge in [-0.25, -0.2) is 9.97 Å². The lowest BCUT2D eigenvalue weighted by Crippen LogP contribution is -2.14. The number of carbonyl (C=O) groups excluding carboxylic acids is 1. The Morgan fingerprint density at radius 1 is 1.04 bits per heavy atom. The molecule has 0 saturated heterocycles. The Hall–Kier alpha value is -3.51. The van der Waals surface area contributed by atoms with Crippen molar-refractivity contribution < 1.29 is 9.32 Å². The number of hydrogen-bond donors (Lipinski definition) is 1. The predicted molar refractivity (Wildman–Crippen MR) is 107 cm³/mol. The summed E-state index contributed by atoms with van der Waals surface area (Å²) in [5.41, 5.74) is 3.44. The molecule has 2 aromatic heterocycles. The molecule has 0 bridgehead atoms. The third kappa shape index (κ3) is 3.92. The third-order valence-corrected chi connectivity index (χ3v) is 4.36. The largest absolute Gasteiger partial charge is 0.337 e. The molecule has 1 N–H and O–H groups in total. The number of nitrogens with one attached hydrogen (secondary N) is 1. The summed E-state index contributed by atoms with van der Waals surface area (Å²) < 4.78 is 5.47. The molecule has 0 aliphatic rings. The lowest BCUT2D eigenvalue weighted by atomic mass is 10.0. The monoisotopic (exact) mass is 390 g/mol. The van der Waals surface area contributed by atoms with Crippen molar-refractivity contribution in [1.29, 1.82) is 0 Å². The van der Waals surface area contributed by atoms with Crippen LogP contribution in [0.3, 0.4) is 0 Å². The fourth-order valence-corrected chi connectivity index (χ4v) is 2.93. The Labute approximate surface area is 166 Å². The van der Waals surface area contributed by atoms with Crippen LogP contribution >= 0.6 is 11.6 Å². The minimum Gasteiger partial charge on any atom is -0.337 e. The van der Waals surface area contributed by atoms with Gasteiger partial charge >= 0.3 is 0 Å². The van der Waals surface area contributed by atoms with Crippen LogP contribution in [0, 0.1) is 0 Å². The van der Waals surface area contributed by atoms with Crippen LogP contribution in [0.4, 0.5) is 5.88 Å². The first-order valence-electron chi connectivity index (χ1n) is 8.56. The molecule has 2 aromatic carbocycles. The molecular weight excluding hydrogens is 376 g/mol. The van der Waals surface area contributed by atoms with E-state index in [0.717, 1.165) is 11.1 Å². The Balaban J connectivity index is 1.69. The number of aromatic nitrogens is 3. The highest BCUT2D eigenvalue weighted by Crippen LogP contribution is 2.37. The number of carbonyl (C=O) groups is 1. The van der Waals surface area contributed by atoms with Crippen molar-refractivity contribution in [1.82, 2.24) is 15.1 Å². The Morgan fingerprint density at radius 2 is 1.82 bits per heavy atom. The molecule has 0 radical (unpaired) electrons. The summed E-state index contributed by atoms with van der Waals surface area (Å²) in [6.07, 6.45) is 3.28. The number of amides is 1. The van der Waals surface area contributed by atoms with E-state index < -0.39 is 0 Å². The fraction of sp³-hybridized carbons (Fsp3) is 0.0476. The van der Waals surface area contributed by atoms with Gasteiger partial charge in [0, 0.05) is 16.8 Å². The van der Waals surface area contributed by atoms with Crippen LogP contribution < -0.4 is 5.32 Å². The number of halogens is 1. The van der Waals surface area contributed by atoms with Crippen LogP contribution in [0.25, 0.3) is 22.5 Å². The molecule has 138 valence electrons. The van der Waals surface area contributed by atoms with Crippen LogP contribution in [0.5, 0.6) is 0 Å². The maximum absolute atomic E-state index is 12.5. The molecule has 4 rings (SSSR count). The highest BCUT2D eigenvalue weighted by atomic mass is 35.5. The number of anilines is 1. The SMILES string of the molecule is O=C(Cc1ccccc1)Nc1onc(-c2ccc(Cl)cc2)c1-c1ccncn1. The summed E-state index contributed by atoms with van der Waals surface area (Å²) in [6.45, 7) is 0. The Morgan fingerprint density at radius 3 is 2.54 bits per heavy atom. The van der Waals surface area contributed by atoms with Crippen molar-refractivity contribution >= 4 is 23.4 Å². The first kappa shape index (κ1) is 17.9. The van der Waals surface area contributed by atoms with Gasteiger partial charge in [-0.15, -0.1) is 0 Å². The van der Waals surface area contributed by atoms with Gasteiger partial charge in [0.1, 0.15) is 12.0 Å². The van der Waals surface area contributed by atoms with Gasteiger partial charge in [-0.3, -0.25) is 10.1 Å². The van der Waals surface area contributed by atoms with Crippen molar-refractivity contribution in [3.8, 4) is 22.5 Å². The molecule has 0 fully saturated rings. The summed E-state index contributed by atoms with van der Waals surface area (Å²) in [5.74, 6) is 0.0323. The van der Waals surface area contributed by atoms with Crippen LogP contribution in [-0.2, 0) is 11.2 Å². The Kier molecular flexibility index (Phi) is 5.12. The van der Waals surface area contributed by atoms with Gasteiger partial charge in [0.2, 0.25) is 11.8 Å². The fourth-order valence-electron chi connectivity index (χ4n) is 2.81. The summed E-state index contributed by atoms with van der Waals surface area (Å²) >= 11 is 5.99. The van der Waals surface area contributed by atoms with Crippen LogP contribution in [0.1, 0.15) is 5.56 Å². The van der Waals surface area contributed by atoms with E-state index in [1.165, 1.54) is 6.33 Å². The lowest BCUT2D eigenvalue weighted by Gasteiger charge is -2.06. The molecule has 6 nitrogen and oxygen atoms in total. The van der Waals surface area contributed by atoms with Crippen molar-refractivity contribution in [3.05, 3.63) is 83.8 Å².